The van der Waals surface area contributed by atoms with Crippen LogP contribution in [-0.2, 0) is 21.0 Å². The highest BCUT2D eigenvalue weighted by atomic mass is 32.2. The van der Waals surface area contributed by atoms with E-state index in [1.165, 1.54) is 6.26 Å². The van der Waals surface area contributed by atoms with E-state index in [0.717, 1.165) is 50.5 Å². The zero-order valence-electron chi connectivity index (χ0n) is 18.3. The van der Waals surface area contributed by atoms with Gasteiger partial charge in [0.15, 0.2) is 9.84 Å². The first kappa shape index (κ1) is 23.5. The average molecular weight is 449 g/mol. The van der Waals surface area contributed by atoms with Crippen LogP contribution in [0.5, 0.6) is 11.8 Å². The molecule has 0 spiro atoms. The molecular weight excluding hydrogens is 416 g/mol. The lowest BCUT2D eigenvalue weighted by Gasteiger charge is -2.28. The molecule has 0 unspecified atom stereocenters. The Morgan fingerprint density at radius 1 is 0.935 bits per heavy atom. The number of ether oxygens (including phenoxy) is 3. The second-order valence-corrected chi connectivity index (χ2v) is 9.93. The molecule has 0 amide bonds. The van der Waals surface area contributed by atoms with E-state index in [0.29, 0.717) is 29.9 Å². The molecule has 2 aromatic rings. The fraction of sp³-hybridized carbons (Fsp3) is 0.565. The Bertz CT molecular complexity index is 893. The Balaban J connectivity index is 1.25. The van der Waals surface area contributed by atoms with Gasteiger partial charge in [-0.15, -0.1) is 0 Å². The van der Waals surface area contributed by atoms with Gasteiger partial charge in [0.25, 0.3) is 0 Å². The Hall–Kier alpha value is -2.19. The second-order valence-electron chi connectivity index (χ2n) is 7.91. The zero-order chi connectivity index (χ0) is 22.1. The van der Waals surface area contributed by atoms with Crippen molar-refractivity contribution < 1.29 is 22.6 Å². The smallest absolute Gasteiger partial charge is 0.316 e. The second kappa shape index (κ2) is 11.4. The summed E-state index contributed by atoms with van der Waals surface area (Å²) in [5.74, 6) is 0.681. The molecule has 0 N–H and O–H groups in total. The fourth-order valence-electron chi connectivity index (χ4n) is 3.48. The number of rotatable bonds is 11. The number of hydrogen-bond donors (Lipinski definition) is 0. The predicted molar refractivity (Wildman–Crippen MR) is 118 cm³/mol. The maximum absolute atomic E-state index is 11.5. The van der Waals surface area contributed by atoms with Crippen molar-refractivity contribution in [2.75, 3.05) is 19.5 Å². The van der Waals surface area contributed by atoms with Gasteiger partial charge in [0.1, 0.15) is 11.9 Å². The zero-order valence-corrected chi connectivity index (χ0v) is 19.1. The number of aromatic nitrogens is 2. The molecule has 1 fully saturated rings. The summed E-state index contributed by atoms with van der Waals surface area (Å²) in [4.78, 5) is 8.85. The first-order valence-electron chi connectivity index (χ1n) is 11.0. The van der Waals surface area contributed by atoms with Crippen LogP contribution in [0.2, 0.25) is 0 Å². The third-order valence-corrected chi connectivity index (χ3v) is 6.52. The van der Waals surface area contributed by atoms with Crippen molar-refractivity contribution in [3.05, 3.63) is 42.2 Å². The SMILES string of the molecule is CCc1cnc(OC2CCC(OCCCCOc3ccc(S(C)(=O)=O)cc3)CC2)nc1. The lowest BCUT2D eigenvalue weighted by Crippen LogP contribution is -2.29. The van der Waals surface area contributed by atoms with Crippen LogP contribution in [0.4, 0.5) is 0 Å². The number of sulfone groups is 1. The molecule has 1 aliphatic rings. The highest BCUT2D eigenvalue weighted by Gasteiger charge is 2.23. The van der Waals surface area contributed by atoms with Gasteiger partial charge in [-0.05, 0) is 74.8 Å². The molecule has 170 valence electrons. The first-order chi connectivity index (χ1) is 14.9. The normalized spacial score (nSPS) is 19.2. The quantitative estimate of drug-likeness (QED) is 0.480. The van der Waals surface area contributed by atoms with Crippen molar-refractivity contribution in [3.8, 4) is 11.8 Å². The summed E-state index contributed by atoms with van der Waals surface area (Å²) in [6.45, 7) is 3.38. The van der Waals surface area contributed by atoms with Gasteiger partial charge in [0, 0.05) is 25.3 Å². The van der Waals surface area contributed by atoms with Gasteiger partial charge in [-0.25, -0.2) is 18.4 Å². The van der Waals surface area contributed by atoms with Gasteiger partial charge in [-0.2, -0.15) is 0 Å². The Labute approximate surface area is 185 Å². The van der Waals surface area contributed by atoms with E-state index in [-0.39, 0.29) is 12.2 Å². The van der Waals surface area contributed by atoms with Crippen LogP contribution in [0.3, 0.4) is 0 Å². The van der Waals surface area contributed by atoms with Gasteiger partial charge >= 0.3 is 6.01 Å². The van der Waals surface area contributed by atoms with E-state index in [1.54, 1.807) is 24.3 Å². The summed E-state index contributed by atoms with van der Waals surface area (Å²) in [6.07, 6.45) is 11.9. The molecule has 0 saturated heterocycles. The van der Waals surface area contributed by atoms with Crippen molar-refractivity contribution >= 4 is 9.84 Å². The van der Waals surface area contributed by atoms with Crippen LogP contribution in [0.15, 0.2) is 41.6 Å². The summed E-state index contributed by atoms with van der Waals surface area (Å²) >= 11 is 0. The average Bonchev–Trinajstić information content (AvgIpc) is 2.77. The van der Waals surface area contributed by atoms with Gasteiger partial charge in [-0.1, -0.05) is 6.92 Å². The minimum atomic E-state index is -3.17. The maximum Gasteiger partial charge on any atom is 0.316 e. The number of aryl methyl sites for hydroxylation is 1. The molecule has 31 heavy (non-hydrogen) atoms. The van der Waals surface area contributed by atoms with Crippen LogP contribution in [-0.4, -0.2) is 50.1 Å². The van der Waals surface area contributed by atoms with Crippen LogP contribution >= 0.6 is 0 Å². The Morgan fingerprint density at radius 3 is 2.16 bits per heavy atom. The Kier molecular flexibility index (Phi) is 8.66. The van der Waals surface area contributed by atoms with Gasteiger partial charge in [0.2, 0.25) is 0 Å². The molecule has 1 saturated carbocycles. The van der Waals surface area contributed by atoms with E-state index in [1.807, 2.05) is 12.4 Å². The van der Waals surface area contributed by atoms with E-state index < -0.39 is 9.84 Å². The molecular formula is C23H32N2O5S. The molecule has 8 heteroatoms. The molecule has 1 aromatic carbocycles. The minimum absolute atomic E-state index is 0.162. The van der Waals surface area contributed by atoms with E-state index in [4.69, 9.17) is 14.2 Å². The monoisotopic (exact) mass is 448 g/mol. The number of hydrogen-bond acceptors (Lipinski definition) is 7. The number of nitrogens with zero attached hydrogens (tertiary/aromatic N) is 2. The molecule has 0 radical (unpaired) electrons. The third kappa shape index (κ3) is 7.78. The van der Waals surface area contributed by atoms with Crippen LogP contribution < -0.4 is 9.47 Å². The summed E-state index contributed by atoms with van der Waals surface area (Å²) in [5, 5.41) is 0. The highest BCUT2D eigenvalue weighted by molar-refractivity contribution is 7.90. The molecule has 1 heterocycles. The minimum Gasteiger partial charge on any atom is -0.494 e. The van der Waals surface area contributed by atoms with Crippen molar-refractivity contribution in [2.45, 2.75) is 69.0 Å². The van der Waals surface area contributed by atoms with Crippen LogP contribution in [0.1, 0.15) is 51.0 Å². The predicted octanol–water partition coefficient (Wildman–Crippen LogP) is 4.01. The van der Waals surface area contributed by atoms with Gasteiger partial charge < -0.3 is 14.2 Å². The lowest BCUT2D eigenvalue weighted by atomic mass is 9.95. The molecule has 1 aliphatic carbocycles. The number of benzene rings is 1. The van der Waals surface area contributed by atoms with Crippen molar-refractivity contribution in [1.82, 2.24) is 9.97 Å². The molecule has 3 rings (SSSR count). The van der Waals surface area contributed by atoms with Crippen molar-refractivity contribution in [2.24, 2.45) is 0 Å². The lowest BCUT2D eigenvalue weighted by molar-refractivity contribution is -0.00115. The summed E-state index contributed by atoms with van der Waals surface area (Å²) in [5.41, 5.74) is 1.11. The standard InChI is InChI=1S/C23H32N2O5S/c1-3-18-16-24-23(25-17-18)30-21-8-6-19(7-9-21)28-14-4-5-15-29-20-10-12-22(13-11-20)31(2,26)27/h10-13,16-17,19,21H,3-9,14-15H2,1-2H3. The van der Waals surface area contributed by atoms with Crippen molar-refractivity contribution in [3.63, 3.8) is 0 Å². The molecule has 0 atom stereocenters. The van der Waals surface area contributed by atoms with E-state index in [9.17, 15) is 8.42 Å². The summed E-state index contributed by atoms with van der Waals surface area (Å²) in [7, 11) is -3.17. The highest BCUT2D eigenvalue weighted by Crippen LogP contribution is 2.24. The summed E-state index contributed by atoms with van der Waals surface area (Å²) in [6, 6.07) is 6.99. The molecule has 0 aliphatic heterocycles. The fourth-order valence-corrected chi connectivity index (χ4v) is 4.11. The Morgan fingerprint density at radius 2 is 1.55 bits per heavy atom. The van der Waals surface area contributed by atoms with Crippen LogP contribution in [0, 0.1) is 0 Å². The van der Waals surface area contributed by atoms with Gasteiger partial charge in [0.05, 0.1) is 17.6 Å². The summed E-state index contributed by atoms with van der Waals surface area (Å²) < 4.78 is 40.5. The molecule has 7 nitrogen and oxygen atoms in total. The number of unbranched alkanes of at least 4 members (excludes halogenated alkanes) is 1. The first-order valence-corrected chi connectivity index (χ1v) is 12.9. The maximum atomic E-state index is 11.5. The van der Waals surface area contributed by atoms with E-state index in [2.05, 4.69) is 16.9 Å². The van der Waals surface area contributed by atoms with Gasteiger partial charge in [-0.3, -0.25) is 0 Å². The molecule has 0 bridgehead atoms. The topological polar surface area (TPSA) is 87.6 Å². The largest absolute Gasteiger partial charge is 0.494 e. The third-order valence-electron chi connectivity index (χ3n) is 5.40. The van der Waals surface area contributed by atoms with Crippen LogP contribution in [0.25, 0.3) is 0 Å². The van der Waals surface area contributed by atoms with Crippen molar-refractivity contribution in [1.29, 1.82) is 0 Å². The molecule has 1 aromatic heterocycles. The van der Waals surface area contributed by atoms with E-state index >= 15 is 0 Å².